The maximum Gasteiger partial charge on any atom is 0.252 e. The van der Waals surface area contributed by atoms with E-state index in [2.05, 4.69) is 5.32 Å². The van der Waals surface area contributed by atoms with Gasteiger partial charge in [-0.25, -0.2) is 0 Å². The third-order valence-electron chi connectivity index (χ3n) is 3.23. The summed E-state index contributed by atoms with van der Waals surface area (Å²) in [6, 6.07) is 17.0. The van der Waals surface area contributed by atoms with Crippen LogP contribution in [0.3, 0.4) is 0 Å². The summed E-state index contributed by atoms with van der Waals surface area (Å²) in [7, 11) is 0. The highest BCUT2D eigenvalue weighted by Crippen LogP contribution is 2.19. The molecule has 1 atom stereocenters. The Morgan fingerprint density at radius 3 is 2.48 bits per heavy atom. The standard InChI is InChI=1S/C17H19NO2S/c1-21-16-10-6-5-9-15(16)17(20)18-14(12-19)11-13-7-3-2-4-8-13/h2-10,14,19H,11-12H2,1H3,(H,18,20). The van der Waals surface area contributed by atoms with Crippen molar-refractivity contribution in [2.75, 3.05) is 12.9 Å². The van der Waals surface area contributed by atoms with Gasteiger partial charge in [0, 0.05) is 4.90 Å². The first-order valence-corrected chi connectivity index (χ1v) is 8.05. The Bertz CT molecular complexity index is 586. The second-order valence-electron chi connectivity index (χ2n) is 4.74. The molecule has 0 saturated carbocycles. The molecule has 2 rings (SSSR count). The Morgan fingerprint density at radius 2 is 1.81 bits per heavy atom. The van der Waals surface area contributed by atoms with E-state index in [1.165, 1.54) is 11.8 Å². The van der Waals surface area contributed by atoms with Crippen molar-refractivity contribution in [3.63, 3.8) is 0 Å². The Kier molecular flexibility index (Phi) is 5.84. The molecule has 0 heterocycles. The predicted molar refractivity (Wildman–Crippen MR) is 86.7 cm³/mol. The van der Waals surface area contributed by atoms with E-state index < -0.39 is 0 Å². The summed E-state index contributed by atoms with van der Waals surface area (Å²) in [6.45, 7) is -0.0813. The molecule has 0 radical (unpaired) electrons. The van der Waals surface area contributed by atoms with Gasteiger partial charge in [-0.2, -0.15) is 0 Å². The van der Waals surface area contributed by atoms with Crippen LogP contribution in [0.2, 0.25) is 0 Å². The van der Waals surface area contributed by atoms with Gasteiger partial charge in [-0.3, -0.25) is 4.79 Å². The van der Waals surface area contributed by atoms with Crippen LogP contribution >= 0.6 is 11.8 Å². The maximum absolute atomic E-state index is 12.3. The van der Waals surface area contributed by atoms with Gasteiger partial charge in [-0.05, 0) is 30.4 Å². The molecule has 0 aliphatic rings. The highest BCUT2D eigenvalue weighted by Gasteiger charge is 2.15. The highest BCUT2D eigenvalue weighted by molar-refractivity contribution is 7.98. The molecule has 0 aliphatic carbocycles. The molecule has 1 amide bonds. The van der Waals surface area contributed by atoms with Crippen molar-refractivity contribution in [2.24, 2.45) is 0 Å². The van der Waals surface area contributed by atoms with Gasteiger partial charge in [0.1, 0.15) is 0 Å². The van der Waals surface area contributed by atoms with Gasteiger partial charge >= 0.3 is 0 Å². The number of amides is 1. The zero-order valence-corrected chi connectivity index (χ0v) is 12.8. The lowest BCUT2D eigenvalue weighted by Crippen LogP contribution is -2.39. The van der Waals surface area contributed by atoms with E-state index >= 15 is 0 Å². The van der Waals surface area contributed by atoms with E-state index in [1.807, 2.05) is 54.8 Å². The Hall–Kier alpha value is -1.78. The smallest absolute Gasteiger partial charge is 0.252 e. The van der Waals surface area contributed by atoms with Gasteiger partial charge in [0.15, 0.2) is 0 Å². The number of benzene rings is 2. The molecule has 0 saturated heterocycles. The van der Waals surface area contributed by atoms with Crippen LogP contribution in [0.4, 0.5) is 0 Å². The van der Waals surface area contributed by atoms with Gasteiger partial charge in [0.2, 0.25) is 0 Å². The molecule has 0 aromatic heterocycles. The lowest BCUT2D eigenvalue weighted by molar-refractivity contribution is 0.0913. The number of hydrogen-bond acceptors (Lipinski definition) is 3. The van der Waals surface area contributed by atoms with E-state index in [0.29, 0.717) is 12.0 Å². The fourth-order valence-corrected chi connectivity index (χ4v) is 2.75. The number of aliphatic hydroxyl groups is 1. The average Bonchev–Trinajstić information content (AvgIpc) is 2.55. The lowest BCUT2D eigenvalue weighted by atomic mass is 10.1. The van der Waals surface area contributed by atoms with E-state index in [-0.39, 0.29) is 18.6 Å². The number of carbonyl (C=O) groups is 1. The second kappa shape index (κ2) is 7.86. The molecule has 0 spiro atoms. The first-order valence-electron chi connectivity index (χ1n) is 6.83. The monoisotopic (exact) mass is 301 g/mol. The second-order valence-corrected chi connectivity index (χ2v) is 5.59. The van der Waals surface area contributed by atoms with Crippen molar-refractivity contribution >= 4 is 17.7 Å². The van der Waals surface area contributed by atoms with Crippen LogP contribution in [0.5, 0.6) is 0 Å². The van der Waals surface area contributed by atoms with Gasteiger partial charge in [0.25, 0.3) is 5.91 Å². The van der Waals surface area contributed by atoms with Gasteiger partial charge in [-0.1, -0.05) is 42.5 Å². The molecule has 2 N–H and O–H groups in total. The normalized spacial score (nSPS) is 11.9. The number of thioether (sulfide) groups is 1. The number of aliphatic hydroxyl groups excluding tert-OH is 1. The summed E-state index contributed by atoms with van der Waals surface area (Å²) >= 11 is 1.54. The van der Waals surface area contributed by atoms with E-state index in [0.717, 1.165) is 10.5 Å². The molecule has 21 heavy (non-hydrogen) atoms. The zero-order chi connectivity index (χ0) is 15.1. The van der Waals surface area contributed by atoms with Crippen molar-refractivity contribution in [1.82, 2.24) is 5.32 Å². The molecule has 0 bridgehead atoms. The third kappa shape index (κ3) is 4.34. The van der Waals surface area contributed by atoms with Crippen LogP contribution in [0.15, 0.2) is 59.5 Å². The Morgan fingerprint density at radius 1 is 1.14 bits per heavy atom. The first kappa shape index (κ1) is 15.6. The van der Waals surface area contributed by atoms with E-state index in [4.69, 9.17) is 0 Å². The van der Waals surface area contributed by atoms with Crippen molar-refractivity contribution in [3.8, 4) is 0 Å². The minimum atomic E-state index is -0.283. The molecule has 2 aromatic carbocycles. The van der Waals surface area contributed by atoms with Crippen molar-refractivity contribution in [2.45, 2.75) is 17.4 Å². The number of hydrogen-bond donors (Lipinski definition) is 2. The summed E-state index contributed by atoms with van der Waals surface area (Å²) in [5.41, 5.74) is 1.74. The van der Waals surface area contributed by atoms with Crippen LogP contribution in [0, 0.1) is 0 Å². The van der Waals surface area contributed by atoms with Gasteiger partial charge in [0.05, 0.1) is 18.2 Å². The fourth-order valence-electron chi connectivity index (χ4n) is 2.16. The average molecular weight is 301 g/mol. The quantitative estimate of drug-likeness (QED) is 0.807. The van der Waals surface area contributed by atoms with Gasteiger partial charge in [-0.15, -0.1) is 11.8 Å². The summed E-state index contributed by atoms with van der Waals surface area (Å²) in [6.07, 6.45) is 2.56. The van der Waals surface area contributed by atoms with E-state index in [9.17, 15) is 9.90 Å². The molecule has 110 valence electrons. The largest absolute Gasteiger partial charge is 0.394 e. The molecular formula is C17H19NO2S. The Balaban J connectivity index is 2.06. The van der Waals surface area contributed by atoms with Crippen LogP contribution in [-0.4, -0.2) is 29.9 Å². The topological polar surface area (TPSA) is 49.3 Å². The molecule has 0 aliphatic heterocycles. The molecule has 2 aromatic rings. The maximum atomic E-state index is 12.3. The Labute approximate surface area is 129 Å². The summed E-state index contributed by atoms with van der Waals surface area (Å²) < 4.78 is 0. The van der Waals surface area contributed by atoms with Crippen LogP contribution in [0.1, 0.15) is 15.9 Å². The molecular weight excluding hydrogens is 282 g/mol. The summed E-state index contributed by atoms with van der Waals surface area (Å²) in [5, 5.41) is 12.4. The van der Waals surface area contributed by atoms with Crippen molar-refractivity contribution in [1.29, 1.82) is 0 Å². The zero-order valence-electron chi connectivity index (χ0n) is 12.0. The number of nitrogens with one attached hydrogen (secondary N) is 1. The van der Waals surface area contributed by atoms with E-state index in [1.54, 1.807) is 6.07 Å². The number of rotatable bonds is 6. The predicted octanol–water partition coefficient (Wildman–Crippen LogP) is 2.74. The van der Waals surface area contributed by atoms with Gasteiger partial charge < -0.3 is 10.4 Å². The summed E-state index contributed by atoms with van der Waals surface area (Å²) in [5.74, 6) is -0.144. The lowest BCUT2D eigenvalue weighted by Gasteiger charge is -2.17. The third-order valence-corrected chi connectivity index (χ3v) is 4.03. The van der Waals surface area contributed by atoms with Crippen molar-refractivity contribution < 1.29 is 9.90 Å². The van der Waals surface area contributed by atoms with Crippen molar-refractivity contribution in [3.05, 3.63) is 65.7 Å². The number of carbonyl (C=O) groups excluding carboxylic acids is 1. The summed E-state index contributed by atoms with van der Waals surface area (Å²) in [4.78, 5) is 13.3. The minimum Gasteiger partial charge on any atom is -0.394 e. The minimum absolute atomic E-state index is 0.0813. The molecule has 1 unspecified atom stereocenters. The first-order chi connectivity index (χ1) is 10.2. The molecule has 0 fully saturated rings. The fraction of sp³-hybridized carbons (Fsp3) is 0.235. The van der Waals surface area contributed by atoms with Crippen LogP contribution in [-0.2, 0) is 6.42 Å². The van der Waals surface area contributed by atoms with Crippen LogP contribution < -0.4 is 5.32 Å². The molecule has 4 heteroatoms. The molecule has 3 nitrogen and oxygen atoms in total. The SMILES string of the molecule is CSc1ccccc1C(=O)NC(CO)Cc1ccccc1. The highest BCUT2D eigenvalue weighted by atomic mass is 32.2. The van der Waals surface area contributed by atoms with Crippen LogP contribution in [0.25, 0.3) is 0 Å².